The predicted molar refractivity (Wildman–Crippen MR) is 98.2 cm³/mol. The van der Waals surface area contributed by atoms with Gasteiger partial charge in [0.05, 0.1) is 6.54 Å². The summed E-state index contributed by atoms with van der Waals surface area (Å²) in [5.74, 6) is 1.57. The van der Waals surface area contributed by atoms with Gasteiger partial charge in [-0.25, -0.2) is 0 Å². The third-order valence-electron chi connectivity index (χ3n) is 6.18. The van der Waals surface area contributed by atoms with Crippen LogP contribution in [0.2, 0.25) is 0 Å². The van der Waals surface area contributed by atoms with E-state index in [4.69, 9.17) is 0 Å². The highest BCUT2D eigenvalue weighted by molar-refractivity contribution is 5.79. The van der Waals surface area contributed by atoms with Crippen molar-refractivity contribution in [1.82, 2.24) is 20.0 Å². The smallest absolute Gasteiger partial charge is 0.236 e. The highest BCUT2D eigenvalue weighted by Gasteiger charge is 2.28. The van der Waals surface area contributed by atoms with Crippen LogP contribution in [0.5, 0.6) is 0 Å². The van der Waals surface area contributed by atoms with E-state index in [1.54, 1.807) is 0 Å². The van der Waals surface area contributed by atoms with Gasteiger partial charge in [0.15, 0.2) is 0 Å². The maximum absolute atomic E-state index is 12.6. The first kappa shape index (κ1) is 18.6. The molecule has 3 aliphatic rings. The molecule has 1 N–H and O–H groups in total. The van der Waals surface area contributed by atoms with Crippen LogP contribution in [-0.4, -0.2) is 85.4 Å². The molecule has 2 unspecified atom stereocenters. The van der Waals surface area contributed by atoms with E-state index in [2.05, 4.69) is 17.1 Å². The normalized spacial score (nSPS) is 26.7. The number of nitrogens with one attached hydrogen (secondary N) is 1. The van der Waals surface area contributed by atoms with Crippen molar-refractivity contribution < 1.29 is 9.59 Å². The van der Waals surface area contributed by atoms with Crippen molar-refractivity contribution in [3.63, 3.8) is 0 Å². The Hall–Kier alpha value is -1.14. The lowest BCUT2D eigenvalue weighted by atomic mass is 9.85. The zero-order valence-corrected chi connectivity index (χ0v) is 15.7. The third-order valence-corrected chi connectivity index (χ3v) is 6.18. The summed E-state index contributed by atoms with van der Waals surface area (Å²) in [6, 6.07) is 0. The van der Waals surface area contributed by atoms with Crippen molar-refractivity contribution in [2.24, 2.45) is 11.8 Å². The van der Waals surface area contributed by atoms with Gasteiger partial charge in [0.1, 0.15) is 0 Å². The van der Waals surface area contributed by atoms with E-state index in [-0.39, 0.29) is 11.8 Å². The Balaban J connectivity index is 1.38. The molecule has 0 aromatic carbocycles. The Morgan fingerprint density at radius 3 is 2.20 bits per heavy atom. The van der Waals surface area contributed by atoms with Gasteiger partial charge in [0.2, 0.25) is 11.8 Å². The molecule has 2 atom stereocenters. The Labute approximate surface area is 151 Å². The van der Waals surface area contributed by atoms with Gasteiger partial charge in [-0.15, -0.1) is 0 Å². The Bertz CT molecular complexity index is 450. The van der Waals surface area contributed by atoms with E-state index in [9.17, 15) is 9.59 Å². The van der Waals surface area contributed by atoms with E-state index < -0.39 is 0 Å². The molecule has 3 rings (SSSR count). The zero-order chi connectivity index (χ0) is 17.6. The molecule has 3 aliphatic heterocycles. The van der Waals surface area contributed by atoms with Crippen LogP contribution in [0.25, 0.3) is 0 Å². The molecule has 25 heavy (non-hydrogen) atoms. The van der Waals surface area contributed by atoms with Gasteiger partial charge in [-0.3, -0.25) is 14.5 Å². The molecule has 0 aliphatic carbocycles. The molecular formula is C19H34N4O2. The maximum atomic E-state index is 12.6. The lowest BCUT2D eigenvalue weighted by molar-refractivity contribution is -0.140. The van der Waals surface area contributed by atoms with Gasteiger partial charge >= 0.3 is 0 Å². The van der Waals surface area contributed by atoms with Crippen molar-refractivity contribution >= 4 is 11.8 Å². The van der Waals surface area contributed by atoms with Crippen LogP contribution in [0.15, 0.2) is 0 Å². The first-order valence-electron chi connectivity index (χ1n) is 10.1. The fraction of sp³-hybridized carbons (Fsp3) is 0.895. The first-order chi connectivity index (χ1) is 12.1. The third kappa shape index (κ3) is 5.17. The van der Waals surface area contributed by atoms with Crippen molar-refractivity contribution in [2.75, 3.05) is 58.9 Å². The van der Waals surface area contributed by atoms with Crippen molar-refractivity contribution in [3.8, 4) is 0 Å². The van der Waals surface area contributed by atoms with Crippen molar-refractivity contribution in [2.45, 2.75) is 39.0 Å². The maximum Gasteiger partial charge on any atom is 0.236 e. The van der Waals surface area contributed by atoms with E-state index in [0.717, 1.165) is 26.2 Å². The van der Waals surface area contributed by atoms with Gasteiger partial charge in [-0.05, 0) is 63.7 Å². The van der Waals surface area contributed by atoms with Gasteiger partial charge in [-0.2, -0.15) is 0 Å². The van der Waals surface area contributed by atoms with Crippen LogP contribution >= 0.6 is 0 Å². The van der Waals surface area contributed by atoms with Crippen LogP contribution in [-0.2, 0) is 9.59 Å². The molecule has 0 spiro atoms. The van der Waals surface area contributed by atoms with Crippen LogP contribution in [0.3, 0.4) is 0 Å². The molecule has 0 aromatic rings. The highest BCUT2D eigenvalue weighted by Crippen LogP contribution is 2.23. The summed E-state index contributed by atoms with van der Waals surface area (Å²) in [5, 5.41) is 3.44. The van der Waals surface area contributed by atoms with E-state index in [1.807, 2.05) is 9.80 Å². The average molecular weight is 351 g/mol. The number of amides is 2. The summed E-state index contributed by atoms with van der Waals surface area (Å²) >= 11 is 0. The fourth-order valence-corrected chi connectivity index (χ4v) is 4.37. The number of likely N-dealkylation sites (tertiary alicyclic amines) is 1. The fourth-order valence-electron chi connectivity index (χ4n) is 4.37. The van der Waals surface area contributed by atoms with Crippen LogP contribution in [0.4, 0.5) is 0 Å². The summed E-state index contributed by atoms with van der Waals surface area (Å²) in [6.45, 7) is 9.81. The molecule has 3 saturated heterocycles. The van der Waals surface area contributed by atoms with Crippen LogP contribution < -0.4 is 5.32 Å². The van der Waals surface area contributed by atoms with Crippen molar-refractivity contribution in [3.05, 3.63) is 0 Å². The molecule has 2 amide bonds. The number of carbonyl (C=O) groups is 2. The number of hydrogen-bond acceptors (Lipinski definition) is 4. The van der Waals surface area contributed by atoms with E-state index in [1.165, 1.54) is 25.7 Å². The number of rotatable bonds is 5. The summed E-state index contributed by atoms with van der Waals surface area (Å²) in [6.07, 6.45) is 5.53. The molecule has 0 aromatic heterocycles. The topological polar surface area (TPSA) is 55.9 Å². The zero-order valence-electron chi connectivity index (χ0n) is 15.7. The van der Waals surface area contributed by atoms with Gasteiger partial charge in [0.25, 0.3) is 0 Å². The molecule has 6 heteroatoms. The van der Waals surface area contributed by atoms with Gasteiger partial charge < -0.3 is 15.1 Å². The minimum atomic E-state index is 0.232. The molecule has 142 valence electrons. The predicted octanol–water partition coefficient (Wildman–Crippen LogP) is 0.779. The minimum Gasteiger partial charge on any atom is -0.339 e. The monoisotopic (exact) mass is 350 g/mol. The highest BCUT2D eigenvalue weighted by atomic mass is 16.2. The second-order valence-electron chi connectivity index (χ2n) is 8.03. The average Bonchev–Trinajstić information content (AvgIpc) is 3.15. The summed E-state index contributed by atoms with van der Waals surface area (Å²) in [4.78, 5) is 31.1. The molecule has 6 nitrogen and oxygen atoms in total. The summed E-state index contributed by atoms with van der Waals surface area (Å²) in [5.41, 5.74) is 0. The van der Waals surface area contributed by atoms with Crippen LogP contribution in [0, 0.1) is 11.8 Å². The minimum absolute atomic E-state index is 0.232. The molecule has 3 fully saturated rings. The number of piperidine rings is 1. The Morgan fingerprint density at radius 2 is 1.60 bits per heavy atom. The SMILES string of the molecule is CC(CC(=O)N1CCN(C(=O)CN2CCCC2)CC1)C1CCCNC1. The molecule has 0 saturated carbocycles. The number of nitrogens with zero attached hydrogens (tertiary/aromatic N) is 3. The second kappa shape index (κ2) is 8.99. The largest absolute Gasteiger partial charge is 0.339 e. The van der Waals surface area contributed by atoms with E-state index in [0.29, 0.717) is 51.0 Å². The molecule has 3 heterocycles. The molecule has 0 bridgehead atoms. The number of hydrogen-bond donors (Lipinski definition) is 1. The first-order valence-corrected chi connectivity index (χ1v) is 10.1. The summed E-state index contributed by atoms with van der Waals surface area (Å²) in [7, 11) is 0. The van der Waals surface area contributed by atoms with Crippen LogP contribution in [0.1, 0.15) is 39.0 Å². The van der Waals surface area contributed by atoms with E-state index >= 15 is 0 Å². The molecular weight excluding hydrogens is 316 g/mol. The van der Waals surface area contributed by atoms with Crippen molar-refractivity contribution in [1.29, 1.82) is 0 Å². The summed E-state index contributed by atoms with van der Waals surface area (Å²) < 4.78 is 0. The van der Waals surface area contributed by atoms with Gasteiger partial charge in [-0.1, -0.05) is 6.92 Å². The second-order valence-corrected chi connectivity index (χ2v) is 8.03. The number of carbonyl (C=O) groups excluding carboxylic acids is 2. The lowest BCUT2D eigenvalue weighted by Gasteiger charge is -2.36. The molecule has 0 radical (unpaired) electrons. The quantitative estimate of drug-likeness (QED) is 0.796. The Morgan fingerprint density at radius 1 is 0.960 bits per heavy atom. The lowest BCUT2D eigenvalue weighted by Crippen LogP contribution is -2.52. The van der Waals surface area contributed by atoms with Gasteiger partial charge in [0, 0.05) is 32.6 Å². The Kier molecular flexibility index (Phi) is 6.70. The number of piperazine rings is 1. The standard InChI is InChI=1S/C19H34N4O2/c1-16(17-5-4-6-20-14-17)13-18(24)22-9-11-23(12-10-22)19(25)15-21-7-2-3-8-21/h16-17,20H,2-15H2,1H3.